The number of anilines is 1. The molecule has 2 rings (SSSR count). The summed E-state index contributed by atoms with van der Waals surface area (Å²) in [6.45, 7) is -0.645. The third-order valence-electron chi connectivity index (χ3n) is 3.13. The summed E-state index contributed by atoms with van der Waals surface area (Å²) in [6, 6.07) is 8.63. The summed E-state index contributed by atoms with van der Waals surface area (Å²) in [6.07, 6.45) is 1.07. The number of nitrogens with one attached hydrogen (secondary N) is 1. The monoisotopic (exact) mass is 383 g/mol. The Hall–Kier alpha value is -2.81. The molecular formula is C17H15F2NO5S. The van der Waals surface area contributed by atoms with Gasteiger partial charge in [0.05, 0.1) is 11.3 Å². The van der Waals surface area contributed by atoms with Crippen LogP contribution in [-0.4, -0.2) is 33.2 Å². The molecule has 0 atom stereocenters. The van der Waals surface area contributed by atoms with E-state index in [9.17, 15) is 26.8 Å². The number of amides is 1. The molecule has 0 heterocycles. The SMILES string of the molecule is CS(=O)(=O)Cc1cccc(C(=O)OCC(=O)Nc2ccc(F)c(F)c2)c1. The van der Waals surface area contributed by atoms with Gasteiger partial charge in [-0.25, -0.2) is 22.0 Å². The van der Waals surface area contributed by atoms with Crippen LogP contribution in [0.1, 0.15) is 15.9 Å². The zero-order valence-electron chi connectivity index (χ0n) is 13.7. The second-order valence-corrected chi connectivity index (χ2v) is 7.66. The predicted octanol–water partition coefficient (Wildman–Crippen LogP) is 2.30. The molecule has 0 fully saturated rings. The van der Waals surface area contributed by atoms with Crippen molar-refractivity contribution < 1.29 is 31.5 Å². The van der Waals surface area contributed by atoms with Gasteiger partial charge in [-0.1, -0.05) is 12.1 Å². The van der Waals surface area contributed by atoms with Crippen LogP contribution in [0.25, 0.3) is 0 Å². The topological polar surface area (TPSA) is 89.5 Å². The van der Waals surface area contributed by atoms with Gasteiger partial charge < -0.3 is 10.1 Å². The average molecular weight is 383 g/mol. The minimum Gasteiger partial charge on any atom is -0.452 e. The van der Waals surface area contributed by atoms with E-state index in [2.05, 4.69) is 5.32 Å². The Kier molecular flexibility index (Phi) is 6.04. The first-order chi connectivity index (χ1) is 12.1. The molecule has 0 aliphatic heterocycles. The Morgan fingerprint density at radius 2 is 1.81 bits per heavy atom. The fourth-order valence-electron chi connectivity index (χ4n) is 2.08. The Labute approximate surface area is 148 Å². The number of sulfone groups is 1. The second kappa shape index (κ2) is 8.05. The molecule has 2 aromatic rings. The lowest BCUT2D eigenvalue weighted by Crippen LogP contribution is -2.21. The molecule has 138 valence electrons. The van der Waals surface area contributed by atoms with Gasteiger partial charge in [-0.2, -0.15) is 0 Å². The third-order valence-corrected chi connectivity index (χ3v) is 3.99. The summed E-state index contributed by atoms with van der Waals surface area (Å²) in [7, 11) is -3.26. The summed E-state index contributed by atoms with van der Waals surface area (Å²) in [5.74, 6) is -3.96. The van der Waals surface area contributed by atoms with Gasteiger partial charge in [0.15, 0.2) is 28.1 Å². The molecular weight excluding hydrogens is 368 g/mol. The molecule has 2 aromatic carbocycles. The number of carbonyl (C=O) groups is 2. The van der Waals surface area contributed by atoms with Gasteiger partial charge in [-0.05, 0) is 29.8 Å². The lowest BCUT2D eigenvalue weighted by atomic mass is 10.1. The highest BCUT2D eigenvalue weighted by Gasteiger charge is 2.13. The van der Waals surface area contributed by atoms with E-state index in [0.29, 0.717) is 5.56 Å². The van der Waals surface area contributed by atoms with Crippen LogP contribution in [0.5, 0.6) is 0 Å². The van der Waals surface area contributed by atoms with Crippen molar-refractivity contribution in [2.75, 3.05) is 18.2 Å². The summed E-state index contributed by atoms with van der Waals surface area (Å²) >= 11 is 0. The van der Waals surface area contributed by atoms with Crippen LogP contribution in [0.2, 0.25) is 0 Å². The van der Waals surface area contributed by atoms with Gasteiger partial charge in [0.25, 0.3) is 5.91 Å². The van der Waals surface area contributed by atoms with E-state index in [1.54, 1.807) is 6.07 Å². The largest absolute Gasteiger partial charge is 0.452 e. The van der Waals surface area contributed by atoms with Crippen molar-refractivity contribution in [2.24, 2.45) is 0 Å². The van der Waals surface area contributed by atoms with Crippen LogP contribution in [-0.2, 0) is 25.1 Å². The second-order valence-electron chi connectivity index (χ2n) is 5.52. The van der Waals surface area contributed by atoms with Gasteiger partial charge in [0.2, 0.25) is 0 Å². The molecule has 0 saturated carbocycles. The number of hydrogen-bond acceptors (Lipinski definition) is 5. The summed E-state index contributed by atoms with van der Waals surface area (Å²) in [5.41, 5.74) is 0.514. The molecule has 0 aromatic heterocycles. The fourth-order valence-corrected chi connectivity index (χ4v) is 2.86. The normalized spacial score (nSPS) is 11.0. The maximum Gasteiger partial charge on any atom is 0.338 e. The maximum atomic E-state index is 13.1. The van der Waals surface area contributed by atoms with Crippen molar-refractivity contribution >= 4 is 27.4 Å². The third kappa shape index (κ3) is 5.92. The number of benzene rings is 2. The Bertz CT molecular complexity index is 944. The van der Waals surface area contributed by atoms with E-state index in [0.717, 1.165) is 24.5 Å². The molecule has 0 spiro atoms. The standard InChI is InChI=1S/C17H15F2NO5S/c1-26(23,24)10-11-3-2-4-12(7-11)17(22)25-9-16(21)20-13-5-6-14(18)15(19)8-13/h2-8H,9-10H2,1H3,(H,20,21). The minimum atomic E-state index is -3.26. The number of carbonyl (C=O) groups excluding carboxylic acids is 2. The van der Waals surface area contributed by atoms with Crippen LogP contribution >= 0.6 is 0 Å². The molecule has 26 heavy (non-hydrogen) atoms. The predicted molar refractivity (Wildman–Crippen MR) is 90.3 cm³/mol. The first kappa shape index (κ1) is 19.5. The van der Waals surface area contributed by atoms with Gasteiger partial charge >= 0.3 is 5.97 Å². The number of rotatable bonds is 6. The van der Waals surface area contributed by atoms with Crippen LogP contribution in [0.3, 0.4) is 0 Å². The number of esters is 1. The zero-order valence-corrected chi connectivity index (χ0v) is 14.5. The molecule has 0 bridgehead atoms. The summed E-state index contributed by atoms with van der Waals surface area (Å²) < 4.78 is 53.3. The van der Waals surface area contributed by atoms with Crippen molar-refractivity contribution in [3.63, 3.8) is 0 Å². The van der Waals surface area contributed by atoms with Crippen molar-refractivity contribution in [1.29, 1.82) is 0 Å². The maximum absolute atomic E-state index is 13.1. The van der Waals surface area contributed by atoms with E-state index in [4.69, 9.17) is 4.74 Å². The van der Waals surface area contributed by atoms with Crippen molar-refractivity contribution in [1.82, 2.24) is 0 Å². The molecule has 1 amide bonds. The van der Waals surface area contributed by atoms with Gasteiger partial charge in [0.1, 0.15) is 0 Å². The first-order valence-electron chi connectivity index (χ1n) is 7.33. The Balaban J connectivity index is 1.94. The van der Waals surface area contributed by atoms with E-state index in [1.165, 1.54) is 18.2 Å². The number of ether oxygens (including phenoxy) is 1. The lowest BCUT2D eigenvalue weighted by molar-refractivity contribution is -0.119. The average Bonchev–Trinajstić information content (AvgIpc) is 2.55. The fraction of sp³-hybridized carbons (Fsp3) is 0.176. The highest BCUT2D eigenvalue weighted by Crippen LogP contribution is 2.13. The van der Waals surface area contributed by atoms with Gasteiger partial charge in [0, 0.05) is 18.0 Å². The Morgan fingerprint density at radius 3 is 2.46 bits per heavy atom. The molecule has 0 aliphatic carbocycles. The Morgan fingerprint density at radius 1 is 1.08 bits per heavy atom. The van der Waals surface area contributed by atoms with Gasteiger partial charge in [-0.15, -0.1) is 0 Å². The number of hydrogen-bond donors (Lipinski definition) is 1. The molecule has 0 saturated heterocycles. The zero-order chi connectivity index (χ0) is 19.3. The van der Waals surface area contributed by atoms with Crippen LogP contribution in [0.4, 0.5) is 14.5 Å². The molecule has 1 N–H and O–H groups in total. The van der Waals surface area contributed by atoms with Crippen molar-refractivity contribution in [3.8, 4) is 0 Å². The first-order valence-corrected chi connectivity index (χ1v) is 9.39. The van der Waals surface area contributed by atoms with Gasteiger partial charge in [-0.3, -0.25) is 4.79 Å². The summed E-state index contributed by atoms with van der Waals surface area (Å²) in [5, 5.41) is 2.26. The minimum absolute atomic E-state index is 0.0140. The van der Waals surface area contributed by atoms with E-state index in [1.807, 2.05) is 0 Å². The van der Waals surface area contributed by atoms with Crippen LogP contribution in [0, 0.1) is 11.6 Å². The molecule has 0 aliphatic rings. The smallest absolute Gasteiger partial charge is 0.338 e. The lowest BCUT2D eigenvalue weighted by Gasteiger charge is -2.08. The highest BCUT2D eigenvalue weighted by molar-refractivity contribution is 7.89. The molecule has 0 unspecified atom stereocenters. The van der Waals surface area contributed by atoms with Crippen molar-refractivity contribution in [2.45, 2.75) is 5.75 Å². The highest BCUT2D eigenvalue weighted by atomic mass is 32.2. The van der Waals surface area contributed by atoms with Crippen LogP contribution in [0.15, 0.2) is 42.5 Å². The quantitative estimate of drug-likeness (QED) is 0.773. The molecule has 6 nitrogen and oxygen atoms in total. The number of halogens is 2. The molecule has 9 heteroatoms. The van der Waals surface area contributed by atoms with E-state index in [-0.39, 0.29) is 17.0 Å². The molecule has 0 radical (unpaired) electrons. The summed E-state index contributed by atoms with van der Waals surface area (Å²) in [4.78, 5) is 23.7. The van der Waals surface area contributed by atoms with Crippen LogP contribution < -0.4 is 5.32 Å². The van der Waals surface area contributed by atoms with E-state index < -0.39 is 40.0 Å². The van der Waals surface area contributed by atoms with Crippen molar-refractivity contribution in [3.05, 3.63) is 65.2 Å². The van der Waals surface area contributed by atoms with E-state index >= 15 is 0 Å².